The van der Waals surface area contributed by atoms with Crippen molar-refractivity contribution in [2.75, 3.05) is 0 Å². The van der Waals surface area contributed by atoms with E-state index in [-0.39, 0.29) is 0 Å². The highest BCUT2D eigenvalue weighted by Crippen LogP contribution is 2.27. The quantitative estimate of drug-likeness (QED) is 0.636. The van der Waals surface area contributed by atoms with Gasteiger partial charge in [-0.3, -0.25) is 0 Å². The molecule has 1 aromatic heterocycles. The van der Waals surface area contributed by atoms with Crippen molar-refractivity contribution >= 4 is 11.3 Å². The molecule has 2 aromatic rings. The summed E-state index contributed by atoms with van der Waals surface area (Å²) in [5, 5.41) is 5.35. The van der Waals surface area contributed by atoms with Gasteiger partial charge in [-0.1, -0.05) is 18.2 Å². The Morgan fingerprint density at radius 2 is 1.77 bits per heavy atom. The fourth-order valence-corrected chi connectivity index (χ4v) is 2.18. The average molecular weight is 187 g/mol. The van der Waals surface area contributed by atoms with Crippen LogP contribution in [0.2, 0.25) is 0 Å². The summed E-state index contributed by atoms with van der Waals surface area (Å²) in [6.07, 6.45) is 0. The lowest BCUT2D eigenvalue weighted by Gasteiger charge is -2.06. The number of benzene rings is 1. The van der Waals surface area contributed by atoms with Crippen LogP contribution < -0.4 is 0 Å². The van der Waals surface area contributed by atoms with Gasteiger partial charge in [-0.2, -0.15) is 0 Å². The predicted octanol–water partition coefficient (Wildman–Crippen LogP) is 3.83. The fraction of sp³-hybridized carbons (Fsp3) is 0.167. The minimum atomic E-state index is 1.22. The SMILES string of the molecule is Cc1cccc(C)c1-c1[c]scc1. The van der Waals surface area contributed by atoms with Crippen LogP contribution >= 0.6 is 11.3 Å². The van der Waals surface area contributed by atoms with Gasteiger partial charge in [-0.25, -0.2) is 0 Å². The normalized spacial score (nSPS) is 10.3. The Morgan fingerprint density at radius 3 is 2.31 bits per heavy atom. The van der Waals surface area contributed by atoms with Crippen LogP contribution in [-0.4, -0.2) is 0 Å². The lowest BCUT2D eigenvalue weighted by atomic mass is 9.98. The van der Waals surface area contributed by atoms with Crippen molar-refractivity contribution in [3.63, 3.8) is 0 Å². The molecule has 0 aliphatic carbocycles. The minimum absolute atomic E-state index is 1.22. The lowest BCUT2D eigenvalue weighted by molar-refractivity contribution is 1.38. The predicted molar refractivity (Wildman–Crippen MR) is 58.1 cm³/mol. The number of hydrogen-bond acceptors (Lipinski definition) is 1. The van der Waals surface area contributed by atoms with E-state index in [2.05, 4.69) is 48.9 Å². The van der Waals surface area contributed by atoms with Gasteiger partial charge >= 0.3 is 0 Å². The van der Waals surface area contributed by atoms with E-state index in [4.69, 9.17) is 0 Å². The maximum atomic E-state index is 3.28. The maximum absolute atomic E-state index is 3.28. The van der Waals surface area contributed by atoms with E-state index in [0.29, 0.717) is 0 Å². The van der Waals surface area contributed by atoms with Crippen LogP contribution in [0.5, 0.6) is 0 Å². The second-order valence-corrected chi connectivity index (χ2v) is 3.92. The zero-order chi connectivity index (χ0) is 9.26. The van der Waals surface area contributed by atoms with E-state index in [1.165, 1.54) is 22.3 Å². The zero-order valence-corrected chi connectivity index (χ0v) is 8.61. The van der Waals surface area contributed by atoms with E-state index in [9.17, 15) is 0 Å². The second-order valence-electron chi connectivity index (χ2n) is 3.20. The number of hydrogen-bond donors (Lipinski definition) is 0. The van der Waals surface area contributed by atoms with Crippen molar-refractivity contribution in [3.8, 4) is 11.1 Å². The zero-order valence-electron chi connectivity index (χ0n) is 7.79. The largest absolute Gasteiger partial charge is 0.142 e. The van der Waals surface area contributed by atoms with Gasteiger partial charge in [-0.05, 0) is 42.0 Å². The van der Waals surface area contributed by atoms with Crippen LogP contribution in [0.25, 0.3) is 11.1 Å². The van der Waals surface area contributed by atoms with Gasteiger partial charge in [0.15, 0.2) is 0 Å². The van der Waals surface area contributed by atoms with Crippen LogP contribution in [0.15, 0.2) is 29.6 Å². The molecule has 2 rings (SSSR count). The summed E-state index contributed by atoms with van der Waals surface area (Å²) in [7, 11) is 0. The smallest absolute Gasteiger partial charge is 0.0527 e. The maximum Gasteiger partial charge on any atom is 0.0527 e. The molecule has 0 aliphatic heterocycles. The monoisotopic (exact) mass is 187 g/mol. The molecule has 1 aromatic carbocycles. The second kappa shape index (κ2) is 3.35. The Labute approximate surface area is 82.9 Å². The Morgan fingerprint density at radius 1 is 1.08 bits per heavy atom. The molecule has 0 amide bonds. The third-order valence-corrected chi connectivity index (χ3v) is 2.83. The Kier molecular flexibility index (Phi) is 2.19. The Balaban J connectivity index is 2.64. The van der Waals surface area contributed by atoms with E-state index >= 15 is 0 Å². The molecule has 13 heavy (non-hydrogen) atoms. The highest BCUT2D eigenvalue weighted by atomic mass is 32.1. The highest BCUT2D eigenvalue weighted by molar-refractivity contribution is 7.07. The Bertz CT molecular complexity index is 379. The molecule has 0 spiro atoms. The number of rotatable bonds is 1. The first-order chi connectivity index (χ1) is 6.29. The summed E-state index contributed by atoms with van der Waals surface area (Å²) in [5.74, 6) is 0. The molecule has 0 nitrogen and oxygen atoms in total. The van der Waals surface area contributed by atoms with E-state index in [0.717, 1.165) is 0 Å². The summed E-state index contributed by atoms with van der Waals surface area (Å²) in [5.41, 5.74) is 5.22. The van der Waals surface area contributed by atoms with Crippen LogP contribution in [-0.2, 0) is 0 Å². The van der Waals surface area contributed by atoms with E-state index in [1.54, 1.807) is 11.3 Å². The summed E-state index contributed by atoms with van der Waals surface area (Å²) >= 11 is 1.63. The first-order valence-electron chi connectivity index (χ1n) is 4.31. The molecule has 0 fully saturated rings. The molecule has 0 atom stereocenters. The molecule has 1 heteroatoms. The van der Waals surface area contributed by atoms with E-state index < -0.39 is 0 Å². The van der Waals surface area contributed by atoms with Crippen molar-refractivity contribution in [1.82, 2.24) is 0 Å². The first kappa shape index (κ1) is 8.52. The van der Waals surface area contributed by atoms with Gasteiger partial charge in [0.2, 0.25) is 0 Å². The third-order valence-electron chi connectivity index (χ3n) is 2.22. The molecular formula is C12H11S. The van der Waals surface area contributed by atoms with Gasteiger partial charge in [0.05, 0.1) is 5.38 Å². The molecule has 0 N–H and O–H groups in total. The van der Waals surface area contributed by atoms with Gasteiger partial charge < -0.3 is 0 Å². The minimum Gasteiger partial charge on any atom is -0.142 e. The van der Waals surface area contributed by atoms with Crippen molar-refractivity contribution in [2.45, 2.75) is 13.8 Å². The average Bonchev–Trinajstić information content (AvgIpc) is 2.57. The van der Waals surface area contributed by atoms with Crippen LogP contribution in [0.1, 0.15) is 11.1 Å². The van der Waals surface area contributed by atoms with Gasteiger partial charge in [-0.15, -0.1) is 11.3 Å². The molecule has 1 heterocycles. The van der Waals surface area contributed by atoms with Gasteiger partial charge in [0.1, 0.15) is 0 Å². The third kappa shape index (κ3) is 1.52. The van der Waals surface area contributed by atoms with Gasteiger partial charge in [0.25, 0.3) is 0 Å². The first-order valence-corrected chi connectivity index (χ1v) is 5.19. The van der Waals surface area contributed by atoms with E-state index in [1.807, 2.05) is 0 Å². The molecule has 0 bridgehead atoms. The Hall–Kier alpha value is -1.08. The van der Waals surface area contributed by atoms with Crippen molar-refractivity contribution in [3.05, 3.63) is 46.2 Å². The summed E-state index contributed by atoms with van der Waals surface area (Å²) in [6.45, 7) is 4.29. The van der Waals surface area contributed by atoms with Crippen molar-refractivity contribution in [1.29, 1.82) is 0 Å². The highest BCUT2D eigenvalue weighted by Gasteiger charge is 2.04. The van der Waals surface area contributed by atoms with Gasteiger partial charge in [0, 0.05) is 5.56 Å². The molecule has 65 valence electrons. The molecule has 1 radical (unpaired) electrons. The molecule has 0 saturated carbocycles. The standard InChI is InChI=1S/C12H11S/c1-9-4-3-5-10(2)12(9)11-6-7-13-8-11/h3-7H,1-2H3. The molecular weight excluding hydrogens is 176 g/mol. The topological polar surface area (TPSA) is 0 Å². The lowest BCUT2D eigenvalue weighted by Crippen LogP contribution is -1.85. The summed E-state index contributed by atoms with van der Waals surface area (Å²) in [4.78, 5) is 0. The molecule has 0 aliphatic rings. The number of aryl methyl sites for hydroxylation is 2. The van der Waals surface area contributed by atoms with Crippen LogP contribution in [0, 0.1) is 19.2 Å². The molecule has 0 unspecified atom stereocenters. The van der Waals surface area contributed by atoms with Crippen molar-refractivity contribution < 1.29 is 0 Å². The summed E-state index contributed by atoms with van der Waals surface area (Å²) < 4.78 is 0. The number of thiophene rings is 1. The van der Waals surface area contributed by atoms with Crippen LogP contribution in [0.3, 0.4) is 0 Å². The van der Waals surface area contributed by atoms with Crippen molar-refractivity contribution in [2.24, 2.45) is 0 Å². The fourth-order valence-electron chi connectivity index (χ4n) is 1.61. The van der Waals surface area contributed by atoms with Crippen LogP contribution in [0.4, 0.5) is 0 Å². The summed E-state index contributed by atoms with van der Waals surface area (Å²) in [6, 6.07) is 8.52. The molecule has 0 saturated heterocycles.